The zero-order valence-electron chi connectivity index (χ0n) is 26.2. The molecule has 0 radical (unpaired) electrons. The van der Waals surface area contributed by atoms with Gasteiger partial charge in [-0.05, 0) is 12.8 Å². The van der Waals surface area contributed by atoms with Crippen molar-refractivity contribution in [2.24, 2.45) is 0 Å². The van der Waals surface area contributed by atoms with E-state index in [0.717, 1.165) is 25.7 Å². The van der Waals surface area contributed by atoms with Crippen LogP contribution in [0.4, 0.5) is 0 Å². The van der Waals surface area contributed by atoms with Gasteiger partial charge in [0.2, 0.25) is 0 Å². The van der Waals surface area contributed by atoms with E-state index >= 15 is 0 Å². The monoisotopic (exact) mass is 554 g/mol. The van der Waals surface area contributed by atoms with Crippen LogP contribution >= 0.6 is 0 Å². The number of aliphatic hydroxyl groups is 1. The van der Waals surface area contributed by atoms with Gasteiger partial charge in [0.1, 0.15) is 19.3 Å². The minimum Gasteiger partial charge on any atom is -0.463 e. The van der Waals surface area contributed by atoms with Crippen LogP contribution in [0.1, 0.15) is 187 Å². The Labute approximate surface area is 242 Å². The van der Waals surface area contributed by atoms with Gasteiger partial charge in [-0.15, -0.1) is 0 Å². The summed E-state index contributed by atoms with van der Waals surface area (Å²) in [6.07, 6.45) is 31.4. The van der Waals surface area contributed by atoms with Gasteiger partial charge in [-0.3, -0.25) is 9.59 Å². The van der Waals surface area contributed by atoms with Crippen LogP contribution in [0.25, 0.3) is 0 Å². The van der Waals surface area contributed by atoms with Gasteiger partial charge in [-0.25, -0.2) is 0 Å². The van der Waals surface area contributed by atoms with Crippen molar-refractivity contribution in [2.45, 2.75) is 193 Å². The van der Waals surface area contributed by atoms with E-state index in [4.69, 9.17) is 9.47 Å². The zero-order chi connectivity index (χ0) is 28.7. The molecule has 0 bridgehead atoms. The van der Waals surface area contributed by atoms with Gasteiger partial charge in [-0.2, -0.15) is 0 Å². The first kappa shape index (κ1) is 37.9. The second-order valence-electron chi connectivity index (χ2n) is 11.7. The maximum Gasteiger partial charge on any atom is 0.305 e. The van der Waals surface area contributed by atoms with Crippen molar-refractivity contribution < 1.29 is 24.2 Å². The third-order valence-electron chi connectivity index (χ3n) is 7.59. The summed E-state index contributed by atoms with van der Waals surface area (Å²) < 4.78 is 10.3. The molecule has 0 unspecified atom stereocenters. The summed E-state index contributed by atoms with van der Waals surface area (Å²) in [7, 11) is 0. The Balaban J connectivity index is 3.40. The van der Waals surface area contributed by atoms with E-state index in [-0.39, 0.29) is 25.2 Å². The van der Waals surface area contributed by atoms with Crippen molar-refractivity contribution in [3.8, 4) is 0 Å². The molecular weight excluding hydrogens is 488 g/mol. The molecule has 0 aliphatic rings. The molecule has 5 nitrogen and oxygen atoms in total. The van der Waals surface area contributed by atoms with Crippen molar-refractivity contribution in [1.29, 1.82) is 0 Å². The highest BCUT2D eigenvalue weighted by atomic mass is 16.6. The molecule has 0 rings (SSSR count). The first-order chi connectivity index (χ1) is 19.1. The lowest BCUT2D eigenvalue weighted by Gasteiger charge is -2.12. The average Bonchev–Trinajstić information content (AvgIpc) is 2.93. The summed E-state index contributed by atoms with van der Waals surface area (Å²) in [4.78, 5) is 23.8. The molecule has 0 aromatic carbocycles. The fraction of sp³-hybridized carbons (Fsp3) is 0.941. The maximum atomic E-state index is 11.9. The van der Waals surface area contributed by atoms with Crippen molar-refractivity contribution >= 4 is 11.9 Å². The number of esters is 2. The Bertz CT molecular complexity index is 522. The van der Waals surface area contributed by atoms with Gasteiger partial charge in [0.15, 0.2) is 0 Å². The minimum absolute atomic E-state index is 0.108. The molecule has 1 atom stereocenters. The lowest BCUT2D eigenvalue weighted by Crippen LogP contribution is -2.25. The number of carbonyl (C=O) groups is 2. The Kier molecular flexibility index (Phi) is 30.5. The van der Waals surface area contributed by atoms with Crippen LogP contribution in [-0.4, -0.2) is 36.4 Å². The molecule has 0 saturated heterocycles. The number of ether oxygens (including phenoxy) is 2. The van der Waals surface area contributed by atoms with Gasteiger partial charge < -0.3 is 14.6 Å². The molecule has 0 heterocycles. The summed E-state index contributed by atoms with van der Waals surface area (Å²) in [5, 5.41) is 9.95. The molecule has 0 aromatic heterocycles. The maximum absolute atomic E-state index is 11.9. The Morgan fingerprint density at radius 3 is 0.923 bits per heavy atom. The first-order valence-corrected chi connectivity index (χ1v) is 17.1. The van der Waals surface area contributed by atoms with E-state index in [2.05, 4.69) is 13.8 Å². The molecular formula is C34H66O5. The van der Waals surface area contributed by atoms with E-state index in [1.807, 2.05) is 0 Å². The molecule has 5 heteroatoms. The second-order valence-corrected chi connectivity index (χ2v) is 11.7. The lowest BCUT2D eigenvalue weighted by atomic mass is 10.0. The normalized spacial score (nSPS) is 12.0. The summed E-state index contributed by atoms with van der Waals surface area (Å²) in [5.74, 6) is -0.556. The Morgan fingerprint density at radius 2 is 0.667 bits per heavy atom. The van der Waals surface area contributed by atoms with E-state index in [1.165, 1.54) is 135 Å². The average molecular weight is 555 g/mol. The molecule has 39 heavy (non-hydrogen) atoms. The number of carbonyl (C=O) groups excluding carboxylic acids is 2. The van der Waals surface area contributed by atoms with E-state index in [0.29, 0.717) is 12.8 Å². The summed E-state index contributed by atoms with van der Waals surface area (Å²) in [5.41, 5.74) is 0. The van der Waals surface area contributed by atoms with Crippen LogP contribution in [0.3, 0.4) is 0 Å². The highest BCUT2D eigenvalue weighted by Gasteiger charge is 2.12. The van der Waals surface area contributed by atoms with Crippen molar-refractivity contribution in [2.75, 3.05) is 13.2 Å². The minimum atomic E-state index is -0.952. The van der Waals surface area contributed by atoms with Crippen molar-refractivity contribution in [3.05, 3.63) is 0 Å². The van der Waals surface area contributed by atoms with E-state index in [1.54, 1.807) is 0 Å². The molecule has 0 saturated carbocycles. The third-order valence-corrected chi connectivity index (χ3v) is 7.59. The molecule has 0 aliphatic carbocycles. The second kappa shape index (κ2) is 31.4. The van der Waals surface area contributed by atoms with Crippen LogP contribution in [0.5, 0.6) is 0 Å². The van der Waals surface area contributed by atoms with Gasteiger partial charge >= 0.3 is 11.9 Å². The van der Waals surface area contributed by atoms with Crippen LogP contribution in [-0.2, 0) is 19.1 Å². The molecule has 0 aliphatic heterocycles. The smallest absolute Gasteiger partial charge is 0.305 e. The largest absolute Gasteiger partial charge is 0.463 e. The highest BCUT2D eigenvalue weighted by molar-refractivity contribution is 5.69. The molecule has 1 N–H and O–H groups in total. The summed E-state index contributed by atoms with van der Waals surface area (Å²) in [6, 6.07) is 0. The Hall–Kier alpha value is -1.10. The summed E-state index contributed by atoms with van der Waals surface area (Å²) >= 11 is 0. The molecule has 0 fully saturated rings. The standard InChI is InChI=1S/C34H66O5/c1-3-5-7-9-11-13-15-17-19-21-23-25-27-29-34(37)39-31-32(35)30-38-33(36)28-26-24-22-20-18-16-14-12-10-8-6-4-2/h32,35H,3-31H2,1-2H3/t32-/m0/s1. The molecule has 232 valence electrons. The number of hydrogen-bond acceptors (Lipinski definition) is 5. The van der Waals surface area contributed by atoms with E-state index < -0.39 is 6.10 Å². The highest BCUT2D eigenvalue weighted by Crippen LogP contribution is 2.14. The first-order valence-electron chi connectivity index (χ1n) is 17.1. The zero-order valence-corrected chi connectivity index (χ0v) is 26.2. The molecule has 0 aromatic rings. The van der Waals surface area contributed by atoms with Crippen LogP contribution in [0, 0.1) is 0 Å². The number of unbranched alkanes of at least 4 members (excludes halogenated alkanes) is 23. The van der Waals surface area contributed by atoms with Gasteiger partial charge in [0, 0.05) is 12.8 Å². The van der Waals surface area contributed by atoms with Crippen LogP contribution in [0.2, 0.25) is 0 Å². The SMILES string of the molecule is CCCCCCCCCCCCCCCC(=O)OC[C@@H](O)COC(=O)CCCCCCCCCCCCCC. The predicted octanol–water partition coefficient (Wildman–Crippen LogP) is 10.0. The lowest BCUT2D eigenvalue weighted by molar-refractivity contribution is -0.152. The third kappa shape index (κ3) is 31.3. The summed E-state index contributed by atoms with van der Waals surface area (Å²) in [6.45, 7) is 4.30. The molecule has 0 spiro atoms. The van der Waals surface area contributed by atoms with Gasteiger partial charge in [-0.1, -0.05) is 162 Å². The Morgan fingerprint density at radius 1 is 0.436 bits per heavy atom. The predicted molar refractivity (Wildman–Crippen MR) is 164 cm³/mol. The van der Waals surface area contributed by atoms with Crippen LogP contribution < -0.4 is 0 Å². The number of aliphatic hydroxyl groups excluding tert-OH is 1. The van der Waals surface area contributed by atoms with Gasteiger partial charge in [0.25, 0.3) is 0 Å². The van der Waals surface area contributed by atoms with Crippen molar-refractivity contribution in [1.82, 2.24) is 0 Å². The topological polar surface area (TPSA) is 72.8 Å². The van der Waals surface area contributed by atoms with E-state index in [9.17, 15) is 14.7 Å². The van der Waals surface area contributed by atoms with Gasteiger partial charge in [0.05, 0.1) is 0 Å². The van der Waals surface area contributed by atoms with Crippen LogP contribution in [0.15, 0.2) is 0 Å². The quantitative estimate of drug-likeness (QED) is 0.0681. The molecule has 0 amide bonds. The fourth-order valence-electron chi connectivity index (χ4n) is 4.97. The number of hydrogen-bond donors (Lipinski definition) is 1. The fourth-order valence-corrected chi connectivity index (χ4v) is 4.97. The van der Waals surface area contributed by atoms with Crippen molar-refractivity contribution in [3.63, 3.8) is 0 Å². The number of rotatable bonds is 31.